The Morgan fingerprint density at radius 2 is 1.02 bits per heavy atom. The number of hydrogen-bond donors (Lipinski definition) is 11. The molecule has 0 saturated heterocycles. The minimum Gasteiger partial charge on any atom is -0.480 e. The second kappa shape index (κ2) is 21.7. The van der Waals surface area contributed by atoms with Gasteiger partial charge in [0.15, 0.2) is 17.9 Å². The molecule has 0 aliphatic rings. The first-order chi connectivity index (χ1) is 19.8. The molecular formula is C23H47N13O5S. The van der Waals surface area contributed by atoms with Crippen LogP contribution in [-0.4, -0.2) is 102 Å². The average molecular weight is 618 g/mol. The van der Waals surface area contributed by atoms with E-state index in [4.69, 9.17) is 40.1 Å². The third-order valence-corrected chi connectivity index (χ3v) is 6.33. The molecular weight excluding hydrogens is 570 g/mol. The quantitative estimate of drug-likeness (QED) is 0.0312. The van der Waals surface area contributed by atoms with Crippen molar-refractivity contribution >= 4 is 53.3 Å². The summed E-state index contributed by atoms with van der Waals surface area (Å²) >= 11 is 1.43. The Kier molecular flexibility index (Phi) is 19.6. The molecule has 18 nitrogen and oxygen atoms in total. The second-order valence-corrected chi connectivity index (χ2v) is 10.2. The van der Waals surface area contributed by atoms with E-state index in [1.54, 1.807) is 0 Å². The Morgan fingerprint density at radius 1 is 0.643 bits per heavy atom. The van der Waals surface area contributed by atoms with Crippen molar-refractivity contribution < 1.29 is 24.3 Å². The lowest BCUT2D eigenvalue weighted by Gasteiger charge is -2.25. The molecule has 42 heavy (non-hydrogen) atoms. The molecule has 4 atom stereocenters. The number of aliphatic carboxylic acids is 1. The number of nitrogens with two attached hydrogens (primary N) is 7. The van der Waals surface area contributed by atoms with Gasteiger partial charge in [-0.3, -0.25) is 29.4 Å². The topological polar surface area (TPSA) is 344 Å². The summed E-state index contributed by atoms with van der Waals surface area (Å²) in [4.78, 5) is 62.5. The van der Waals surface area contributed by atoms with Crippen LogP contribution >= 0.6 is 11.8 Å². The van der Waals surface area contributed by atoms with Crippen LogP contribution in [0.1, 0.15) is 44.9 Å². The molecule has 0 aromatic heterocycles. The van der Waals surface area contributed by atoms with Crippen LogP contribution in [0.4, 0.5) is 0 Å². The Morgan fingerprint density at radius 3 is 1.40 bits per heavy atom. The SMILES string of the molecule is CSCCC(NC(=O)C(CCCN=C(N)N)NC(=O)C(CCCN=C(N)N)NC(=O)C(N)CCCN=C(N)N)C(=O)O. The van der Waals surface area contributed by atoms with E-state index in [-0.39, 0.29) is 63.2 Å². The molecule has 19 heteroatoms. The molecule has 0 heterocycles. The van der Waals surface area contributed by atoms with Crippen molar-refractivity contribution in [2.75, 3.05) is 31.6 Å². The van der Waals surface area contributed by atoms with E-state index in [0.29, 0.717) is 25.0 Å². The van der Waals surface area contributed by atoms with Crippen molar-refractivity contribution in [3.63, 3.8) is 0 Å². The van der Waals surface area contributed by atoms with Gasteiger partial charge in [-0.15, -0.1) is 0 Å². The summed E-state index contributed by atoms with van der Waals surface area (Å²) in [5, 5.41) is 17.2. The number of carbonyl (C=O) groups excluding carboxylic acids is 3. The minimum atomic E-state index is -1.21. The van der Waals surface area contributed by atoms with Crippen molar-refractivity contribution in [3.8, 4) is 0 Å². The van der Waals surface area contributed by atoms with Crippen LogP contribution in [0.2, 0.25) is 0 Å². The van der Waals surface area contributed by atoms with E-state index in [2.05, 4.69) is 30.9 Å². The predicted molar refractivity (Wildman–Crippen MR) is 164 cm³/mol. The monoisotopic (exact) mass is 617 g/mol. The summed E-state index contributed by atoms with van der Waals surface area (Å²) in [6, 6.07) is -4.36. The average Bonchev–Trinajstić information content (AvgIpc) is 2.91. The molecule has 4 unspecified atom stereocenters. The van der Waals surface area contributed by atoms with Gasteiger partial charge in [-0.1, -0.05) is 0 Å². The van der Waals surface area contributed by atoms with Crippen molar-refractivity contribution in [1.29, 1.82) is 0 Å². The van der Waals surface area contributed by atoms with Crippen LogP contribution in [-0.2, 0) is 19.2 Å². The molecule has 0 aliphatic carbocycles. The molecule has 0 fully saturated rings. The maximum absolute atomic E-state index is 13.3. The van der Waals surface area contributed by atoms with Gasteiger partial charge in [-0.2, -0.15) is 11.8 Å². The summed E-state index contributed by atoms with van der Waals surface area (Å²) in [6.45, 7) is 0.631. The van der Waals surface area contributed by atoms with E-state index in [1.165, 1.54) is 11.8 Å². The van der Waals surface area contributed by atoms with Crippen LogP contribution in [0.5, 0.6) is 0 Å². The van der Waals surface area contributed by atoms with Gasteiger partial charge in [-0.25, -0.2) is 4.79 Å². The van der Waals surface area contributed by atoms with Crippen LogP contribution in [0.3, 0.4) is 0 Å². The van der Waals surface area contributed by atoms with Gasteiger partial charge >= 0.3 is 5.97 Å². The number of aliphatic imine (C=N–C) groups is 3. The number of nitrogens with one attached hydrogen (secondary N) is 3. The normalized spacial score (nSPS) is 13.4. The molecule has 0 bridgehead atoms. The molecule has 18 N–H and O–H groups in total. The highest BCUT2D eigenvalue weighted by Gasteiger charge is 2.30. The Labute approximate surface area is 249 Å². The smallest absolute Gasteiger partial charge is 0.326 e. The largest absolute Gasteiger partial charge is 0.480 e. The number of guanidine groups is 3. The van der Waals surface area contributed by atoms with E-state index in [9.17, 15) is 24.3 Å². The van der Waals surface area contributed by atoms with Gasteiger partial charge in [0, 0.05) is 19.6 Å². The molecule has 240 valence electrons. The van der Waals surface area contributed by atoms with Gasteiger partial charge in [0.1, 0.15) is 18.1 Å². The highest BCUT2D eigenvalue weighted by Crippen LogP contribution is 2.07. The number of thioether (sulfide) groups is 1. The van der Waals surface area contributed by atoms with Gasteiger partial charge in [0.25, 0.3) is 0 Å². The molecule has 0 aromatic rings. The summed E-state index contributed by atoms with van der Waals surface area (Å²) in [5.74, 6) is -3.05. The van der Waals surface area contributed by atoms with Gasteiger partial charge in [-0.05, 0) is 57.0 Å². The molecule has 0 rings (SSSR count). The zero-order chi connectivity index (χ0) is 32.1. The lowest BCUT2D eigenvalue weighted by molar-refractivity contribution is -0.142. The number of rotatable bonds is 22. The first kappa shape index (κ1) is 38.0. The maximum atomic E-state index is 13.3. The lowest BCUT2D eigenvalue weighted by atomic mass is 10.1. The minimum absolute atomic E-state index is 0.0821. The predicted octanol–water partition coefficient (Wildman–Crippen LogP) is -4.23. The fraction of sp³-hybridized carbons (Fsp3) is 0.696. The van der Waals surface area contributed by atoms with E-state index < -0.39 is 47.9 Å². The van der Waals surface area contributed by atoms with Crippen LogP contribution < -0.4 is 56.1 Å². The number of carboxylic acid groups (broad SMARTS) is 1. The number of nitrogens with zero attached hydrogens (tertiary/aromatic N) is 3. The van der Waals surface area contributed by atoms with Crippen molar-refractivity contribution in [1.82, 2.24) is 16.0 Å². The highest BCUT2D eigenvalue weighted by atomic mass is 32.2. The summed E-state index contributed by atoms with van der Waals surface area (Å²) in [7, 11) is 0. The third-order valence-electron chi connectivity index (χ3n) is 5.69. The van der Waals surface area contributed by atoms with E-state index in [1.807, 2.05) is 6.26 Å². The maximum Gasteiger partial charge on any atom is 0.326 e. The van der Waals surface area contributed by atoms with Crippen molar-refractivity contribution in [3.05, 3.63) is 0 Å². The Balaban J connectivity index is 5.72. The number of hydrogen-bond acceptors (Lipinski definition) is 9. The molecule has 0 radical (unpaired) electrons. The Bertz CT molecular complexity index is 951. The fourth-order valence-electron chi connectivity index (χ4n) is 3.51. The number of amides is 3. The van der Waals surface area contributed by atoms with Gasteiger partial charge < -0.3 is 61.2 Å². The lowest BCUT2D eigenvalue weighted by Crippen LogP contribution is -2.57. The van der Waals surface area contributed by atoms with Crippen molar-refractivity contribution in [2.24, 2.45) is 55.1 Å². The van der Waals surface area contributed by atoms with Gasteiger partial charge in [0.05, 0.1) is 6.04 Å². The van der Waals surface area contributed by atoms with Crippen molar-refractivity contribution in [2.45, 2.75) is 69.1 Å². The summed E-state index contributed by atoms with van der Waals surface area (Å²) < 4.78 is 0. The molecule has 0 aromatic carbocycles. The first-order valence-corrected chi connectivity index (χ1v) is 14.7. The van der Waals surface area contributed by atoms with E-state index in [0.717, 1.165) is 0 Å². The zero-order valence-electron chi connectivity index (χ0n) is 24.0. The second-order valence-electron chi connectivity index (χ2n) is 9.26. The Hall–Kier alpha value is -4.00. The van der Waals surface area contributed by atoms with E-state index >= 15 is 0 Å². The zero-order valence-corrected chi connectivity index (χ0v) is 24.8. The number of carboxylic acids is 1. The third kappa shape index (κ3) is 18.4. The molecule has 0 saturated carbocycles. The van der Waals surface area contributed by atoms with Gasteiger partial charge in [0.2, 0.25) is 17.7 Å². The molecule has 0 spiro atoms. The molecule has 3 amide bonds. The molecule has 0 aliphatic heterocycles. The summed E-state index contributed by atoms with van der Waals surface area (Å²) in [6.07, 6.45) is 3.46. The summed E-state index contributed by atoms with van der Waals surface area (Å²) in [5.41, 5.74) is 38.0. The first-order valence-electron chi connectivity index (χ1n) is 13.3. The fourth-order valence-corrected chi connectivity index (χ4v) is 3.98. The standard InChI is InChI=1S/C23H47N13O5S/c1-42-12-8-16(20(40)41)36-19(39)15(7-4-11-33-23(29)30)35-18(38)14(6-3-10-32-22(27)28)34-17(37)13(24)5-2-9-31-21(25)26/h13-16H,2-12,24H2,1H3,(H,34,37)(H,35,38)(H,36,39)(H,40,41)(H4,25,26,31)(H4,27,28,32)(H4,29,30,33). The highest BCUT2D eigenvalue weighted by molar-refractivity contribution is 7.98. The number of carbonyl (C=O) groups is 4. The van der Waals surface area contributed by atoms with Crippen LogP contribution in [0.25, 0.3) is 0 Å². The van der Waals surface area contributed by atoms with Crippen LogP contribution in [0.15, 0.2) is 15.0 Å². The van der Waals surface area contributed by atoms with Crippen LogP contribution in [0, 0.1) is 0 Å².